The molecule has 0 aliphatic carbocycles. The predicted molar refractivity (Wildman–Crippen MR) is 109 cm³/mol. The summed E-state index contributed by atoms with van der Waals surface area (Å²) in [4.78, 5) is 28.4. The van der Waals surface area contributed by atoms with Crippen molar-refractivity contribution >= 4 is 40.8 Å². The quantitative estimate of drug-likeness (QED) is 0.680. The number of hydrogen-bond acceptors (Lipinski definition) is 5. The van der Waals surface area contributed by atoms with Crippen LogP contribution in [0.3, 0.4) is 0 Å². The van der Waals surface area contributed by atoms with Gasteiger partial charge in [-0.1, -0.05) is 41.4 Å². The fourth-order valence-corrected chi connectivity index (χ4v) is 5.05. The first-order valence-corrected chi connectivity index (χ1v) is 9.81. The van der Waals surface area contributed by atoms with E-state index in [2.05, 4.69) is 0 Å². The van der Waals surface area contributed by atoms with Gasteiger partial charge in [0.15, 0.2) is 0 Å². The predicted octanol–water partition coefficient (Wildman–Crippen LogP) is 3.92. The number of para-hydroxylation sites is 1. The molecular weight excluding hydrogens is 417 g/mol. The van der Waals surface area contributed by atoms with Gasteiger partial charge >= 0.3 is 5.97 Å². The molecule has 2 heterocycles. The van der Waals surface area contributed by atoms with E-state index in [1.165, 1.54) is 19.1 Å². The zero-order valence-corrected chi connectivity index (χ0v) is 17.4. The molecule has 8 heteroatoms. The molecule has 2 aliphatic rings. The molecule has 1 fully saturated rings. The minimum atomic E-state index is -1.22. The van der Waals surface area contributed by atoms with Crippen molar-refractivity contribution in [3.63, 3.8) is 0 Å². The van der Waals surface area contributed by atoms with E-state index in [1.54, 1.807) is 36.4 Å². The zero-order valence-electron chi connectivity index (χ0n) is 15.9. The molecule has 0 saturated carbocycles. The van der Waals surface area contributed by atoms with Crippen LogP contribution in [0.2, 0.25) is 10.0 Å². The van der Waals surface area contributed by atoms with Gasteiger partial charge < -0.3 is 14.2 Å². The highest BCUT2D eigenvalue weighted by Crippen LogP contribution is 2.57. The van der Waals surface area contributed by atoms with Crippen LogP contribution in [-0.4, -0.2) is 39.4 Å². The Morgan fingerprint density at radius 2 is 1.97 bits per heavy atom. The molecule has 6 nitrogen and oxygen atoms in total. The number of rotatable bonds is 4. The van der Waals surface area contributed by atoms with Crippen molar-refractivity contribution in [3.8, 4) is 5.75 Å². The smallest absolute Gasteiger partial charge is 0.315 e. The van der Waals surface area contributed by atoms with Gasteiger partial charge in [-0.05, 0) is 23.8 Å². The minimum Gasteiger partial charge on any atom is -0.496 e. The lowest BCUT2D eigenvalue weighted by molar-refractivity contribution is -0.156. The summed E-state index contributed by atoms with van der Waals surface area (Å²) in [6.07, 6.45) is 0.296. The summed E-state index contributed by atoms with van der Waals surface area (Å²) in [5.74, 6) is -1.17. The molecule has 1 saturated heterocycles. The molecule has 2 atom stereocenters. The Hall–Kier alpha value is -2.28. The Bertz CT molecular complexity index is 995. The second-order valence-corrected chi connectivity index (χ2v) is 7.84. The molecule has 2 aromatic rings. The van der Waals surface area contributed by atoms with Crippen LogP contribution in [0.5, 0.6) is 5.75 Å². The van der Waals surface area contributed by atoms with Gasteiger partial charge in [-0.3, -0.25) is 14.5 Å². The third-order valence-corrected chi connectivity index (χ3v) is 6.09. The Morgan fingerprint density at radius 3 is 2.69 bits per heavy atom. The molecule has 152 valence electrons. The molecule has 2 aliphatic heterocycles. The first kappa shape index (κ1) is 20.0. The number of nitrogens with zero attached hydrogens (tertiary/aromatic N) is 1. The number of methoxy groups -OCH3 is 2. The number of benzene rings is 2. The van der Waals surface area contributed by atoms with Gasteiger partial charge in [0.25, 0.3) is 0 Å². The lowest BCUT2D eigenvalue weighted by atomic mass is 9.65. The maximum Gasteiger partial charge on any atom is 0.315 e. The maximum atomic E-state index is 13.8. The lowest BCUT2D eigenvalue weighted by Gasteiger charge is -2.39. The number of esters is 1. The van der Waals surface area contributed by atoms with Gasteiger partial charge in [0.2, 0.25) is 5.91 Å². The Labute approximate surface area is 178 Å². The molecule has 0 N–H and O–H groups in total. The number of hydrogen-bond donors (Lipinski definition) is 0. The molecule has 0 radical (unpaired) electrons. The van der Waals surface area contributed by atoms with Crippen LogP contribution in [0.25, 0.3) is 0 Å². The van der Waals surface area contributed by atoms with E-state index in [4.69, 9.17) is 37.4 Å². The number of carbonyl (C=O) groups excluding carboxylic acids is 2. The summed E-state index contributed by atoms with van der Waals surface area (Å²) < 4.78 is 16.1. The van der Waals surface area contributed by atoms with Crippen molar-refractivity contribution in [1.29, 1.82) is 0 Å². The molecule has 0 unspecified atom stereocenters. The van der Waals surface area contributed by atoms with Gasteiger partial charge in [-0.15, -0.1) is 0 Å². The van der Waals surface area contributed by atoms with Gasteiger partial charge in [-0.25, -0.2) is 0 Å². The molecule has 29 heavy (non-hydrogen) atoms. The summed E-state index contributed by atoms with van der Waals surface area (Å²) in [7, 11) is 3.02. The second kappa shape index (κ2) is 7.52. The number of ether oxygens (including phenoxy) is 3. The molecule has 2 aromatic carbocycles. The van der Waals surface area contributed by atoms with E-state index in [0.29, 0.717) is 39.0 Å². The zero-order chi connectivity index (χ0) is 20.8. The maximum absolute atomic E-state index is 13.8. The molecule has 0 aromatic heterocycles. The largest absolute Gasteiger partial charge is 0.496 e. The van der Waals surface area contributed by atoms with Crippen LogP contribution in [0.15, 0.2) is 36.4 Å². The highest BCUT2D eigenvalue weighted by atomic mass is 35.5. The van der Waals surface area contributed by atoms with Gasteiger partial charge in [0.05, 0.1) is 29.8 Å². The first-order chi connectivity index (χ1) is 14.0. The van der Waals surface area contributed by atoms with Crippen LogP contribution in [0.1, 0.15) is 23.5 Å². The summed E-state index contributed by atoms with van der Waals surface area (Å²) in [5, 5.41) is 0.713. The van der Waals surface area contributed by atoms with E-state index < -0.39 is 17.3 Å². The Kier molecular flexibility index (Phi) is 5.19. The average Bonchev–Trinajstić information content (AvgIpc) is 2.92. The van der Waals surface area contributed by atoms with Crippen molar-refractivity contribution in [3.05, 3.63) is 57.6 Å². The molecule has 4 rings (SSSR count). The third-order valence-electron chi connectivity index (χ3n) is 5.58. The van der Waals surface area contributed by atoms with E-state index in [9.17, 15) is 9.59 Å². The summed E-state index contributed by atoms with van der Waals surface area (Å²) in [5.41, 5.74) is 0.475. The van der Waals surface area contributed by atoms with E-state index in [0.717, 1.165) is 0 Å². The second-order valence-electron chi connectivity index (χ2n) is 7.00. The standard InChI is InChI=1S/C21H19Cl2NO5/c1-27-11-24-18-14(9-12(22)10-15(18)23)21(20(24)26)7-8-29-19(25)17(21)13-5-3-4-6-16(13)28-2/h3-6,9-10,17H,7-8,11H2,1-2H3/t17-,21-/m1/s1. The number of halogens is 2. The fourth-order valence-electron chi connectivity index (χ4n) is 4.45. The van der Waals surface area contributed by atoms with Crippen LogP contribution in [-0.2, 0) is 24.5 Å². The van der Waals surface area contributed by atoms with Crippen molar-refractivity contribution in [2.45, 2.75) is 17.8 Å². The number of fused-ring (bicyclic) bond motifs is 2. The van der Waals surface area contributed by atoms with Crippen LogP contribution >= 0.6 is 23.2 Å². The average molecular weight is 436 g/mol. The molecular formula is C21H19Cl2NO5. The monoisotopic (exact) mass is 435 g/mol. The van der Waals surface area contributed by atoms with Crippen LogP contribution in [0.4, 0.5) is 5.69 Å². The highest BCUT2D eigenvalue weighted by Gasteiger charge is 2.61. The molecule has 1 amide bonds. The van der Waals surface area contributed by atoms with Crippen molar-refractivity contribution < 1.29 is 23.8 Å². The SMILES string of the molecule is COCN1C(=O)[C@]2(CCOC(=O)[C@H]2c2ccccc2OC)c2cc(Cl)cc(Cl)c21. The lowest BCUT2D eigenvalue weighted by Crippen LogP contribution is -2.51. The van der Waals surface area contributed by atoms with Crippen molar-refractivity contribution in [2.75, 3.05) is 32.5 Å². The van der Waals surface area contributed by atoms with Gasteiger partial charge in [0, 0.05) is 24.1 Å². The van der Waals surface area contributed by atoms with Crippen LogP contribution < -0.4 is 9.64 Å². The fraction of sp³-hybridized carbons (Fsp3) is 0.333. The number of carbonyl (C=O) groups is 2. The Morgan fingerprint density at radius 1 is 1.21 bits per heavy atom. The topological polar surface area (TPSA) is 65.1 Å². The molecule has 1 spiro atoms. The van der Waals surface area contributed by atoms with E-state index in [1.807, 2.05) is 0 Å². The normalized spacial score (nSPS) is 23.3. The van der Waals surface area contributed by atoms with Gasteiger partial charge in [0.1, 0.15) is 18.4 Å². The number of cyclic esters (lactones) is 1. The third kappa shape index (κ3) is 2.89. The highest BCUT2D eigenvalue weighted by molar-refractivity contribution is 6.38. The number of amides is 1. The Balaban J connectivity index is 2.02. The van der Waals surface area contributed by atoms with Crippen molar-refractivity contribution in [1.82, 2.24) is 0 Å². The molecule has 0 bridgehead atoms. The van der Waals surface area contributed by atoms with E-state index in [-0.39, 0.29) is 19.2 Å². The van der Waals surface area contributed by atoms with Crippen LogP contribution in [0, 0.1) is 0 Å². The van der Waals surface area contributed by atoms with Crippen molar-refractivity contribution in [2.24, 2.45) is 0 Å². The summed E-state index contributed by atoms with van der Waals surface area (Å²) in [6, 6.07) is 10.4. The summed E-state index contributed by atoms with van der Waals surface area (Å²) in [6.45, 7) is 0.114. The summed E-state index contributed by atoms with van der Waals surface area (Å²) >= 11 is 12.8. The first-order valence-electron chi connectivity index (χ1n) is 9.05. The van der Waals surface area contributed by atoms with Gasteiger partial charge in [-0.2, -0.15) is 0 Å². The minimum absolute atomic E-state index is 0.00261. The van der Waals surface area contributed by atoms with E-state index >= 15 is 0 Å². The number of anilines is 1.